The molecule has 12 heteroatoms. The molecule has 0 aliphatic heterocycles. The highest BCUT2D eigenvalue weighted by molar-refractivity contribution is 7.92. The molecule has 1 unspecified atom stereocenters. The first-order chi connectivity index (χ1) is 22.8. The molecule has 48 heavy (non-hydrogen) atoms. The van der Waals surface area contributed by atoms with Crippen molar-refractivity contribution in [3.05, 3.63) is 125 Å². The maximum Gasteiger partial charge on any atom is 0.416 e. The van der Waals surface area contributed by atoms with Gasteiger partial charge in [-0.15, -0.1) is 0 Å². The monoisotopic (exact) mass is 681 g/mol. The van der Waals surface area contributed by atoms with Crippen molar-refractivity contribution >= 4 is 27.5 Å². The maximum absolute atomic E-state index is 14.5. The number of amides is 2. The summed E-state index contributed by atoms with van der Waals surface area (Å²) >= 11 is 0. The molecule has 1 N–H and O–H groups in total. The number of alkyl halides is 3. The Morgan fingerprint density at radius 2 is 1.54 bits per heavy atom. The van der Waals surface area contributed by atoms with E-state index in [2.05, 4.69) is 5.32 Å². The molecule has 4 aromatic rings. The van der Waals surface area contributed by atoms with Crippen molar-refractivity contribution in [2.45, 2.75) is 50.3 Å². The molecule has 0 aromatic heterocycles. The largest absolute Gasteiger partial charge is 0.497 e. The number of nitrogens with zero attached hydrogens (tertiary/aromatic N) is 2. The molecule has 0 aliphatic carbocycles. The van der Waals surface area contributed by atoms with Gasteiger partial charge in [0, 0.05) is 19.5 Å². The Kier molecular flexibility index (Phi) is 11.9. The standard InChI is InChI=1S/C36H38F3N3O5S/c1-4-20-40-35(44)33(22-27-10-6-5-7-11-27)41(24-28-12-8-15-31(21-28)47-3)34(43)25-42(30-14-9-13-29(23-30)36(37,38)39)48(45,46)32-18-16-26(2)17-19-32/h5-19,21,23,33H,4,20,22,24-25H2,1-3H3,(H,40,44). The summed E-state index contributed by atoms with van der Waals surface area (Å²) in [6.07, 6.45) is -4.04. The van der Waals surface area contributed by atoms with E-state index in [9.17, 15) is 31.2 Å². The molecule has 0 bridgehead atoms. The molecule has 2 amide bonds. The highest BCUT2D eigenvalue weighted by atomic mass is 32.2. The molecule has 0 radical (unpaired) electrons. The van der Waals surface area contributed by atoms with E-state index in [4.69, 9.17) is 4.74 Å². The minimum Gasteiger partial charge on any atom is -0.497 e. The molecule has 4 aromatic carbocycles. The van der Waals surface area contributed by atoms with Crippen LogP contribution in [0.1, 0.15) is 35.6 Å². The van der Waals surface area contributed by atoms with Crippen molar-refractivity contribution < 1.29 is 35.9 Å². The molecule has 0 fully saturated rings. The summed E-state index contributed by atoms with van der Waals surface area (Å²) in [4.78, 5) is 29.3. The van der Waals surface area contributed by atoms with Crippen molar-refractivity contribution in [1.82, 2.24) is 10.2 Å². The topological polar surface area (TPSA) is 96.0 Å². The summed E-state index contributed by atoms with van der Waals surface area (Å²) in [7, 11) is -3.08. The molecule has 0 spiro atoms. The third-order valence-corrected chi connectivity index (χ3v) is 9.44. The number of carbonyl (C=O) groups excluding carboxylic acids is 2. The Hall–Kier alpha value is -4.84. The van der Waals surface area contributed by atoms with E-state index in [1.54, 1.807) is 55.5 Å². The minimum absolute atomic E-state index is 0.0976. The average molecular weight is 682 g/mol. The van der Waals surface area contributed by atoms with Crippen LogP contribution >= 0.6 is 0 Å². The number of benzene rings is 4. The number of sulfonamides is 1. The van der Waals surface area contributed by atoms with Gasteiger partial charge < -0.3 is 15.0 Å². The van der Waals surface area contributed by atoms with Crippen LogP contribution in [0.2, 0.25) is 0 Å². The number of rotatable bonds is 14. The number of hydrogen-bond donors (Lipinski definition) is 1. The van der Waals surface area contributed by atoms with Gasteiger partial charge in [0.15, 0.2) is 0 Å². The number of carbonyl (C=O) groups is 2. The van der Waals surface area contributed by atoms with Crippen LogP contribution in [0.5, 0.6) is 5.75 Å². The Labute approximate surface area is 279 Å². The quantitative estimate of drug-likeness (QED) is 0.167. The molecule has 1 atom stereocenters. The molecule has 0 aliphatic rings. The lowest BCUT2D eigenvalue weighted by Crippen LogP contribution is -2.53. The number of hydrogen-bond acceptors (Lipinski definition) is 5. The molecule has 8 nitrogen and oxygen atoms in total. The van der Waals surface area contributed by atoms with Crippen LogP contribution in [-0.4, -0.2) is 51.4 Å². The van der Waals surface area contributed by atoms with Gasteiger partial charge in [-0.25, -0.2) is 8.42 Å². The van der Waals surface area contributed by atoms with E-state index in [1.165, 1.54) is 30.2 Å². The predicted octanol–water partition coefficient (Wildman–Crippen LogP) is 6.38. The number of nitrogens with one attached hydrogen (secondary N) is 1. The maximum atomic E-state index is 14.5. The highest BCUT2D eigenvalue weighted by Gasteiger charge is 2.36. The van der Waals surface area contributed by atoms with E-state index in [1.807, 2.05) is 25.1 Å². The van der Waals surface area contributed by atoms with Gasteiger partial charge in [0.2, 0.25) is 11.8 Å². The zero-order valence-electron chi connectivity index (χ0n) is 26.9. The van der Waals surface area contributed by atoms with E-state index >= 15 is 0 Å². The van der Waals surface area contributed by atoms with Crippen LogP contribution in [-0.2, 0) is 38.8 Å². The number of halogens is 3. The van der Waals surface area contributed by atoms with Crippen LogP contribution in [0.3, 0.4) is 0 Å². The van der Waals surface area contributed by atoms with Crippen molar-refractivity contribution in [3.63, 3.8) is 0 Å². The summed E-state index contributed by atoms with van der Waals surface area (Å²) in [5, 5.41) is 2.85. The van der Waals surface area contributed by atoms with Crippen molar-refractivity contribution in [2.24, 2.45) is 0 Å². The molecule has 0 heterocycles. The zero-order chi connectivity index (χ0) is 34.9. The van der Waals surface area contributed by atoms with Crippen LogP contribution in [0.15, 0.2) is 108 Å². The predicted molar refractivity (Wildman–Crippen MR) is 178 cm³/mol. The van der Waals surface area contributed by atoms with Crippen molar-refractivity contribution in [1.29, 1.82) is 0 Å². The fourth-order valence-corrected chi connectivity index (χ4v) is 6.50. The van der Waals surface area contributed by atoms with Gasteiger partial charge in [0.05, 0.1) is 23.3 Å². The van der Waals surface area contributed by atoms with Crippen LogP contribution in [0.25, 0.3) is 0 Å². The fraction of sp³-hybridized carbons (Fsp3) is 0.278. The second kappa shape index (κ2) is 15.8. The Balaban J connectivity index is 1.85. The van der Waals surface area contributed by atoms with E-state index in [0.717, 1.165) is 23.3 Å². The van der Waals surface area contributed by atoms with E-state index < -0.39 is 46.2 Å². The summed E-state index contributed by atoms with van der Waals surface area (Å²) < 4.78 is 75.6. The minimum atomic E-state index is -4.77. The highest BCUT2D eigenvalue weighted by Crippen LogP contribution is 2.33. The van der Waals surface area contributed by atoms with Crippen LogP contribution < -0.4 is 14.4 Å². The van der Waals surface area contributed by atoms with Gasteiger partial charge in [-0.1, -0.05) is 73.2 Å². The van der Waals surface area contributed by atoms with E-state index in [-0.39, 0.29) is 23.5 Å². The average Bonchev–Trinajstić information content (AvgIpc) is 3.07. The van der Waals surface area contributed by atoms with Gasteiger partial charge in [0.1, 0.15) is 18.3 Å². The Morgan fingerprint density at radius 1 is 0.875 bits per heavy atom. The number of aryl methyl sites for hydroxylation is 1. The first kappa shape index (κ1) is 36.0. The summed E-state index contributed by atoms with van der Waals surface area (Å²) in [6, 6.07) is 24.4. The van der Waals surface area contributed by atoms with Gasteiger partial charge >= 0.3 is 6.18 Å². The smallest absolute Gasteiger partial charge is 0.416 e. The number of ether oxygens (including phenoxy) is 1. The van der Waals surface area contributed by atoms with Crippen LogP contribution in [0, 0.1) is 6.92 Å². The first-order valence-corrected chi connectivity index (χ1v) is 16.8. The Bertz CT molecular complexity index is 1800. The lowest BCUT2D eigenvalue weighted by atomic mass is 10.0. The van der Waals surface area contributed by atoms with Crippen molar-refractivity contribution in [3.8, 4) is 5.75 Å². The van der Waals surface area contributed by atoms with Crippen molar-refractivity contribution in [2.75, 3.05) is 24.5 Å². The fourth-order valence-electron chi connectivity index (χ4n) is 5.09. The zero-order valence-corrected chi connectivity index (χ0v) is 27.7. The lowest BCUT2D eigenvalue weighted by molar-refractivity contribution is -0.140. The van der Waals surface area contributed by atoms with Gasteiger partial charge in [-0.3, -0.25) is 13.9 Å². The third kappa shape index (κ3) is 9.15. The molecule has 0 saturated heterocycles. The second-order valence-electron chi connectivity index (χ2n) is 11.2. The van der Waals surface area contributed by atoms with Gasteiger partial charge in [-0.2, -0.15) is 13.2 Å². The summed E-state index contributed by atoms with van der Waals surface area (Å²) in [6.45, 7) is 2.98. The second-order valence-corrected chi connectivity index (χ2v) is 13.1. The first-order valence-electron chi connectivity index (χ1n) is 15.3. The lowest BCUT2D eigenvalue weighted by Gasteiger charge is -2.34. The number of anilines is 1. The molecule has 0 saturated carbocycles. The SMILES string of the molecule is CCCNC(=O)C(Cc1ccccc1)N(Cc1cccc(OC)c1)C(=O)CN(c1cccc(C(F)(F)F)c1)S(=O)(=O)c1ccc(C)cc1. The summed E-state index contributed by atoms with van der Waals surface area (Å²) in [5.74, 6) is -0.745. The molecule has 4 rings (SSSR count). The third-order valence-electron chi connectivity index (χ3n) is 7.66. The Morgan fingerprint density at radius 3 is 2.19 bits per heavy atom. The van der Waals surface area contributed by atoms with E-state index in [0.29, 0.717) is 34.7 Å². The van der Waals surface area contributed by atoms with Gasteiger partial charge in [-0.05, 0) is 66.9 Å². The molecule has 254 valence electrons. The normalized spacial score (nSPS) is 12.2. The molecular formula is C36H38F3N3O5S. The van der Waals surface area contributed by atoms with Gasteiger partial charge in [0.25, 0.3) is 10.0 Å². The molecular weight excluding hydrogens is 643 g/mol. The summed E-state index contributed by atoms with van der Waals surface area (Å²) in [5.41, 5.74) is 0.679. The number of methoxy groups -OCH3 is 1. The van der Waals surface area contributed by atoms with Crippen LogP contribution in [0.4, 0.5) is 18.9 Å².